The van der Waals surface area contributed by atoms with E-state index in [1.54, 1.807) is 0 Å². The van der Waals surface area contributed by atoms with E-state index >= 15 is 0 Å². The second-order valence-electron chi connectivity index (χ2n) is 4.68. The zero-order chi connectivity index (χ0) is 9.78. The molecule has 0 saturated heterocycles. The Hall–Kier alpha value is -0.770. The Morgan fingerprint density at radius 1 is 1.25 bits per heavy atom. The van der Waals surface area contributed by atoms with E-state index < -0.39 is 0 Å². The van der Waals surface area contributed by atoms with Crippen LogP contribution in [0.5, 0.6) is 0 Å². The molecule has 0 spiro atoms. The molecule has 12 heavy (non-hydrogen) atoms. The molecular formula is C11H19N. The molecule has 0 saturated carbocycles. The summed E-state index contributed by atoms with van der Waals surface area (Å²) in [4.78, 5) is 0. The molecule has 0 aliphatic rings. The van der Waals surface area contributed by atoms with Gasteiger partial charge >= 0.3 is 0 Å². The van der Waals surface area contributed by atoms with Crippen molar-refractivity contribution in [2.75, 3.05) is 0 Å². The maximum Gasteiger partial charge on any atom is 0.0666 e. The predicted octanol–water partition coefficient (Wildman–Crippen LogP) is 3.67. The molecule has 0 aromatic rings. The van der Waals surface area contributed by atoms with Crippen LogP contribution in [0, 0.1) is 16.7 Å². The van der Waals surface area contributed by atoms with Crippen molar-refractivity contribution in [3.63, 3.8) is 0 Å². The highest BCUT2D eigenvalue weighted by Gasteiger charge is 2.13. The van der Waals surface area contributed by atoms with Gasteiger partial charge in [0.25, 0.3) is 0 Å². The van der Waals surface area contributed by atoms with Gasteiger partial charge in [0.1, 0.15) is 0 Å². The van der Waals surface area contributed by atoms with Crippen molar-refractivity contribution in [2.45, 2.75) is 47.5 Å². The van der Waals surface area contributed by atoms with Gasteiger partial charge in [-0.1, -0.05) is 31.9 Å². The van der Waals surface area contributed by atoms with E-state index in [0.717, 1.165) is 6.42 Å². The van der Waals surface area contributed by atoms with Crippen LogP contribution in [-0.2, 0) is 0 Å². The number of nitriles is 1. The lowest BCUT2D eigenvalue weighted by Gasteiger charge is -2.20. The Morgan fingerprint density at radius 3 is 2.00 bits per heavy atom. The molecule has 0 rings (SSSR count). The predicted molar refractivity (Wildman–Crippen MR) is 52.7 cm³/mol. The summed E-state index contributed by atoms with van der Waals surface area (Å²) in [6, 6.07) is 2.21. The van der Waals surface area contributed by atoms with E-state index in [2.05, 4.69) is 40.7 Å². The van der Waals surface area contributed by atoms with Gasteiger partial charge in [0.2, 0.25) is 0 Å². The fourth-order valence-corrected chi connectivity index (χ4v) is 1.15. The first kappa shape index (κ1) is 11.2. The molecule has 0 heterocycles. The number of allylic oxidation sites excluding steroid dienone is 2. The third kappa shape index (κ3) is 4.96. The van der Waals surface area contributed by atoms with Crippen LogP contribution >= 0.6 is 0 Å². The number of hydrogen-bond acceptors (Lipinski definition) is 1. The van der Waals surface area contributed by atoms with Gasteiger partial charge in [-0.25, -0.2) is 0 Å². The fourth-order valence-electron chi connectivity index (χ4n) is 1.15. The first-order valence-corrected chi connectivity index (χ1v) is 4.39. The van der Waals surface area contributed by atoms with Gasteiger partial charge < -0.3 is 0 Å². The van der Waals surface area contributed by atoms with Crippen molar-refractivity contribution in [2.24, 2.45) is 5.41 Å². The van der Waals surface area contributed by atoms with Gasteiger partial charge in [-0.05, 0) is 25.7 Å². The van der Waals surface area contributed by atoms with Gasteiger partial charge in [0, 0.05) is 0 Å². The van der Waals surface area contributed by atoms with Crippen molar-refractivity contribution in [1.29, 1.82) is 5.26 Å². The molecule has 0 amide bonds. The summed E-state index contributed by atoms with van der Waals surface area (Å²) in [7, 11) is 0. The van der Waals surface area contributed by atoms with E-state index in [-0.39, 0.29) is 0 Å². The summed E-state index contributed by atoms with van der Waals surface area (Å²) < 4.78 is 0. The van der Waals surface area contributed by atoms with E-state index in [1.807, 2.05) is 0 Å². The topological polar surface area (TPSA) is 23.8 Å². The minimum absolute atomic E-state index is 0.295. The molecule has 68 valence electrons. The second kappa shape index (κ2) is 4.30. The van der Waals surface area contributed by atoms with Crippen LogP contribution in [0.25, 0.3) is 0 Å². The van der Waals surface area contributed by atoms with Gasteiger partial charge in [0.15, 0.2) is 0 Å². The maximum atomic E-state index is 8.60. The summed E-state index contributed by atoms with van der Waals surface area (Å²) in [6.07, 6.45) is 1.61. The monoisotopic (exact) mass is 165 g/mol. The normalized spacial score (nSPS) is 10.7. The van der Waals surface area contributed by atoms with Gasteiger partial charge in [-0.15, -0.1) is 0 Å². The summed E-state index contributed by atoms with van der Waals surface area (Å²) >= 11 is 0. The molecule has 0 atom stereocenters. The van der Waals surface area contributed by atoms with Crippen molar-refractivity contribution in [3.05, 3.63) is 11.1 Å². The van der Waals surface area contributed by atoms with Crippen LogP contribution in [0.15, 0.2) is 11.1 Å². The smallest absolute Gasteiger partial charge is 0.0666 e. The molecule has 0 N–H and O–H groups in total. The standard InChI is InChI=1S/C11H19N/c1-9(2)10(6-7-12)8-11(3,4)5/h6,8H2,1-5H3. The minimum Gasteiger partial charge on any atom is -0.198 e. The zero-order valence-electron chi connectivity index (χ0n) is 8.86. The average Bonchev–Trinajstić information content (AvgIpc) is 1.83. The first-order chi connectivity index (χ1) is 5.37. The van der Waals surface area contributed by atoms with E-state index in [1.165, 1.54) is 11.1 Å². The second-order valence-corrected chi connectivity index (χ2v) is 4.68. The average molecular weight is 165 g/mol. The minimum atomic E-state index is 0.295. The Labute approximate surface area is 76.1 Å². The highest BCUT2D eigenvalue weighted by Crippen LogP contribution is 2.27. The number of nitrogens with zero attached hydrogens (tertiary/aromatic N) is 1. The number of rotatable bonds is 2. The molecule has 0 bridgehead atoms. The molecular weight excluding hydrogens is 146 g/mol. The Bertz CT molecular complexity index is 206. The molecule has 0 fully saturated rings. The van der Waals surface area contributed by atoms with Gasteiger partial charge in [0.05, 0.1) is 12.5 Å². The molecule has 0 aromatic heterocycles. The van der Waals surface area contributed by atoms with E-state index in [9.17, 15) is 0 Å². The van der Waals surface area contributed by atoms with Gasteiger partial charge in [-0.3, -0.25) is 0 Å². The summed E-state index contributed by atoms with van der Waals surface area (Å²) in [5.74, 6) is 0. The Kier molecular flexibility index (Phi) is 4.03. The third-order valence-electron chi connectivity index (χ3n) is 1.74. The van der Waals surface area contributed by atoms with Crippen molar-refractivity contribution in [3.8, 4) is 6.07 Å². The zero-order valence-corrected chi connectivity index (χ0v) is 8.86. The van der Waals surface area contributed by atoms with Crippen LogP contribution in [0.3, 0.4) is 0 Å². The van der Waals surface area contributed by atoms with Crippen LogP contribution < -0.4 is 0 Å². The van der Waals surface area contributed by atoms with Crippen molar-refractivity contribution < 1.29 is 0 Å². The van der Waals surface area contributed by atoms with Crippen LogP contribution in [0.4, 0.5) is 0 Å². The van der Waals surface area contributed by atoms with E-state index in [0.29, 0.717) is 11.8 Å². The molecule has 1 heteroatoms. The van der Waals surface area contributed by atoms with E-state index in [4.69, 9.17) is 5.26 Å². The third-order valence-corrected chi connectivity index (χ3v) is 1.74. The maximum absolute atomic E-state index is 8.60. The number of hydrogen-bond donors (Lipinski definition) is 0. The molecule has 0 radical (unpaired) electrons. The largest absolute Gasteiger partial charge is 0.198 e. The quantitative estimate of drug-likeness (QED) is 0.573. The van der Waals surface area contributed by atoms with Crippen molar-refractivity contribution >= 4 is 0 Å². The lowest BCUT2D eigenvalue weighted by atomic mass is 9.85. The van der Waals surface area contributed by atoms with Crippen LogP contribution in [0.2, 0.25) is 0 Å². The highest BCUT2D eigenvalue weighted by molar-refractivity contribution is 5.15. The van der Waals surface area contributed by atoms with Crippen LogP contribution in [-0.4, -0.2) is 0 Å². The van der Waals surface area contributed by atoms with Gasteiger partial charge in [-0.2, -0.15) is 5.26 Å². The van der Waals surface area contributed by atoms with Crippen LogP contribution in [0.1, 0.15) is 47.5 Å². The Balaban J connectivity index is 4.39. The first-order valence-electron chi connectivity index (χ1n) is 4.39. The summed E-state index contributed by atoms with van der Waals surface area (Å²) in [5, 5.41) is 8.60. The molecule has 0 aliphatic carbocycles. The fraction of sp³-hybridized carbons (Fsp3) is 0.727. The SMILES string of the molecule is CC(C)=C(CC#N)CC(C)(C)C. The molecule has 0 aromatic carbocycles. The molecule has 0 unspecified atom stereocenters. The lowest BCUT2D eigenvalue weighted by Crippen LogP contribution is -2.07. The summed E-state index contributed by atoms with van der Waals surface area (Å²) in [6.45, 7) is 10.8. The highest BCUT2D eigenvalue weighted by atomic mass is 14.3. The summed E-state index contributed by atoms with van der Waals surface area (Å²) in [5.41, 5.74) is 2.89. The molecule has 1 nitrogen and oxygen atoms in total. The Morgan fingerprint density at radius 2 is 1.75 bits per heavy atom. The van der Waals surface area contributed by atoms with Crippen molar-refractivity contribution in [1.82, 2.24) is 0 Å². The molecule has 0 aliphatic heterocycles. The lowest BCUT2D eigenvalue weighted by molar-refractivity contribution is 0.406.